The van der Waals surface area contributed by atoms with Crippen LogP contribution in [0.1, 0.15) is 48.2 Å². The van der Waals surface area contributed by atoms with Crippen molar-refractivity contribution in [3.63, 3.8) is 0 Å². The number of alkyl carbamates (subject to hydrolysis) is 1. The van der Waals surface area contributed by atoms with E-state index >= 15 is 0 Å². The Balaban J connectivity index is 1.45. The smallest absolute Gasteiger partial charge is 0.407 e. The Morgan fingerprint density at radius 2 is 1.60 bits per heavy atom. The summed E-state index contributed by atoms with van der Waals surface area (Å²) in [7, 11) is 0. The Labute approximate surface area is 203 Å². The molecule has 3 aromatic rings. The number of pyridine rings is 1. The number of carbonyl (C=O) groups is 3. The van der Waals surface area contributed by atoms with Crippen LogP contribution in [0.3, 0.4) is 0 Å². The van der Waals surface area contributed by atoms with Gasteiger partial charge in [0.05, 0.1) is 17.4 Å². The molecule has 1 heterocycles. The van der Waals surface area contributed by atoms with E-state index in [0.717, 1.165) is 22.3 Å². The van der Waals surface area contributed by atoms with E-state index in [9.17, 15) is 14.4 Å². The van der Waals surface area contributed by atoms with Gasteiger partial charge in [-0.15, -0.1) is 0 Å². The van der Waals surface area contributed by atoms with E-state index < -0.39 is 29.4 Å². The van der Waals surface area contributed by atoms with Crippen LogP contribution in [0.5, 0.6) is 0 Å². The van der Waals surface area contributed by atoms with Crippen LogP contribution in [0.4, 0.5) is 10.5 Å². The summed E-state index contributed by atoms with van der Waals surface area (Å²) in [5.41, 5.74) is 3.96. The maximum absolute atomic E-state index is 13.0. The number of benzene rings is 2. The van der Waals surface area contributed by atoms with Crippen molar-refractivity contribution in [2.24, 2.45) is 5.41 Å². The van der Waals surface area contributed by atoms with E-state index in [1.807, 2.05) is 57.2 Å². The van der Waals surface area contributed by atoms with Gasteiger partial charge >= 0.3 is 12.1 Å². The second-order valence-electron chi connectivity index (χ2n) is 9.53. The average Bonchev–Trinajstić information content (AvgIpc) is 3.14. The molecule has 3 N–H and O–H groups in total. The van der Waals surface area contributed by atoms with Crippen molar-refractivity contribution in [1.82, 2.24) is 10.3 Å². The summed E-state index contributed by atoms with van der Waals surface area (Å²) in [6.45, 7) is 5.57. The molecule has 0 saturated heterocycles. The largest absolute Gasteiger partial charge is 0.478 e. The first kappa shape index (κ1) is 23.9. The predicted octanol–water partition coefficient (Wildman–Crippen LogP) is 4.67. The summed E-state index contributed by atoms with van der Waals surface area (Å²) in [6, 6.07) is 16.5. The number of aromatic carboxylic acids is 1. The zero-order chi connectivity index (χ0) is 25.2. The molecule has 0 fully saturated rings. The molecule has 0 saturated carbocycles. The van der Waals surface area contributed by atoms with Gasteiger partial charge in [-0.1, -0.05) is 69.3 Å². The van der Waals surface area contributed by atoms with Gasteiger partial charge in [0.15, 0.2) is 0 Å². The Morgan fingerprint density at radius 1 is 1.00 bits per heavy atom. The zero-order valence-corrected chi connectivity index (χ0v) is 19.7. The molecule has 0 radical (unpaired) electrons. The molecule has 1 aliphatic carbocycles. The van der Waals surface area contributed by atoms with E-state index in [-0.39, 0.29) is 23.8 Å². The van der Waals surface area contributed by atoms with E-state index in [4.69, 9.17) is 9.84 Å². The second-order valence-corrected chi connectivity index (χ2v) is 9.53. The van der Waals surface area contributed by atoms with E-state index in [2.05, 4.69) is 27.8 Å². The highest BCUT2D eigenvalue weighted by Crippen LogP contribution is 2.44. The van der Waals surface area contributed by atoms with Crippen LogP contribution in [0.2, 0.25) is 0 Å². The fourth-order valence-corrected chi connectivity index (χ4v) is 4.27. The normalized spacial score (nSPS) is 13.3. The molecule has 1 aliphatic rings. The van der Waals surface area contributed by atoms with Gasteiger partial charge in [0.1, 0.15) is 12.6 Å². The molecule has 0 spiro atoms. The van der Waals surface area contributed by atoms with Crippen molar-refractivity contribution in [1.29, 1.82) is 0 Å². The van der Waals surface area contributed by atoms with Gasteiger partial charge in [-0.3, -0.25) is 9.78 Å². The van der Waals surface area contributed by atoms with E-state index in [1.165, 1.54) is 18.5 Å². The van der Waals surface area contributed by atoms with Crippen LogP contribution in [-0.4, -0.2) is 40.7 Å². The summed E-state index contributed by atoms with van der Waals surface area (Å²) in [4.78, 5) is 40.8. The standard InChI is InChI=1S/C27H27N3O5/c1-27(2,3)23(24(31)29-17-12-16(25(32)33)13-28-14-17)30-26(34)35-15-22-20-10-6-4-8-18(20)19-9-5-7-11-21(19)22/h4-14,22-23H,15H2,1-3H3,(H,29,31)(H,30,34)(H,32,33)/t23-/m0/s1. The quantitative estimate of drug-likeness (QED) is 0.479. The van der Waals surface area contributed by atoms with Crippen LogP contribution >= 0.6 is 0 Å². The number of carboxylic acid groups (broad SMARTS) is 1. The van der Waals surface area contributed by atoms with Gasteiger partial charge in [-0.25, -0.2) is 9.59 Å². The highest BCUT2D eigenvalue weighted by Gasteiger charge is 2.34. The van der Waals surface area contributed by atoms with Gasteiger partial charge < -0.3 is 20.5 Å². The van der Waals surface area contributed by atoms with Gasteiger partial charge in [-0.2, -0.15) is 0 Å². The first-order valence-electron chi connectivity index (χ1n) is 11.3. The lowest BCUT2D eigenvalue weighted by Crippen LogP contribution is -2.51. The van der Waals surface area contributed by atoms with Crippen LogP contribution < -0.4 is 10.6 Å². The van der Waals surface area contributed by atoms with Gasteiger partial charge in [0.25, 0.3) is 0 Å². The Bertz CT molecular complexity index is 1240. The average molecular weight is 474 g/mol. The molecule has 2 amide bonds. The first-order valence-corrected chi connectivity index (χ1v) is 11.3. The number of hydrogen-bond acceptors (Lipinski definition) is 5. The van der Waals surface area contributed by atoms with Crippen LogP contribution in [0.25, 0.3) is 11.1 Å². The predicted molar refractivity (Wildman–Crippen MR) is 131 cm³/mol. The molecule has 180 valence electrons. The summed E-state index contributed by atoms with van der Waals surface area (Å²) >= 11 is 0. The lowest BCUT2D eigenvalue weighted by atomic mass is 9.86. The first-order chi connectivity index (χ1) is 16.6. The molecule has 1 atom stereocenters. The molecular formula is C27H27N3O5. The van der Waals surface area contributed by atoms with Crippen LogP contribution in [0.15, 0.2) is 67.0 Å². The number of nitrogens with zero attached hydrogens (tertiary/aromatic N) is 1. The number of nitrogens with one attached hydrogen (secondary N) is 2. The number of ether oxygens (including phenoxy) is 1. The molecule has 4 rings (SSSR count). The lowest BCUT2D eigenvalue weighted by molar-refractivity contribution is -0.120. The monoisotopic (exact) mass is 473 g/mol. The molecule has 0 aliphatic heterocycles. The van der Waals surface area contributed by atoms with Gasteiger partial charge in [0, 0.05) is 12.1 Å². The molecular weight excluding hydrogens is 446 g/mol. The number of carboxylic acids is 1. The zero-order valence-electron chi connectivity index (χ0n) is 19.7. The van der Waals surface area contributed by atoms with Crippen LogP contribution in [-0.2, 0) is 9.53 Å². The third-order valence-electron chi connectivity index (χ3n) is 5.99. The number of aromatic nitrogens is 1. The molecule has 1 aromatic heterocycles. The highest BCUT2D eigenvalue weighted by molar-refractivity contribution is 5.98. The fraction of sp³-hybridized carbons (Fsp3) is 0.259. The number of hydrogen-bond donors (Lipinski definition) is 3. The van der Waals surface area contributed by atoms with Crippen molar-refractivity contribution in [2.45, 2.75) is 32.7 Å². The maximum atomic E-state index is 13.0. The second kappa shape index (κ2) is 9.58. The Morgan fingerprint density at radius 3 is 2.17 bits per heavy atom. The number of amides is 2. The number of anilines is 1. The maximum Gasteiger partial charge on any atom is 0.407 e. The summed E-state index contributed by atoms with van der Waals surface area (Å²) in [6.07, 6.45) is 1.82. The summed E-state index contributed by atoms with van der Waals surface area (Å²) in [5.74, 6) is -1.76. The molecule has 8 nitrogen and oxygen atoms in total. The number of fused-ring (bicyclic) bond motifs is 3. The van der Waals surface area contributed by atoms with Crippen molar-refractivity contribution in [3.05, 3.63) is 83.7 Å². The van der Waals surface area contributed by atoms with Gasteiger partial charge in [-0.05, 0) is 33.7 Å². The SMILES string of the molecule is CC(C)(C)[C@@H](NC(=O)OCC1c2ccccc2-c2ccccc21)C(=O)Nc1cncc(C(=O)O)c1. The lowest BCUT2D eigenvalue weighted by Gasteiger charge is -2.30. The van der Waals surface area contributed by atoms with E-state index in [0.29, 0.717) is 0 Å². The van der Waals surface area contributed by atoms with Crippen LogP contribution in [0, 0.1) is 5.41 Å². The number of rotatable bonds is 6. The third kappa shape index (κ3) is 5.16. The van der Waals surface area contributed by atoms with Crippen molar-refractivity contribution < 1.29 is 24.2 Å². The molecule has 2 aromatic carbocycles. The third-order valence-corrected chi connectivity index (χ3v) is 5.99. The van der Waals surface area contributed by atoms with Crippen molar-refractivity contribution in [2.75, 3.05) is 11.9 Å². The minimum Gasteiger partial charge on any atom is -0.478 e. The minimum absolute atomic E-state index is 0.0559. The number of carbonyl (C=O) groups excluding carboxylic acids is 2. The Hall–Kier alpha value is -4.20. The minimum atomic E-state index is -1.15. The molecule has 0 bridgehead atoms. The fourth-order valence-electron chi connectivity index (χ4n) is 4.27. The molecule has 8 heteroatoms. The van der Waals surface area contributed by atoms with Gasteiger partial charge in [0.2, 0.25) is 5.91 Å². The summed E-state index contributed by atoms with van der Waals surface area (Å²) < 4.78 is 5.60. The topological polar surface area (TPSA) is 118 Å². The van der Waals surface area contributed by atoms with E-state index in [1.54, 1.807) is 0 Å². The molecule has 0 unspecified atom stereocenters. The van der Waals surface area contributed by atoms with Crippen molar-refractivity contribution >= 4 is 23.7 Å². The molecule has 35 heavy (non-hydrogen) atoms. The Kier molecular flexibility index (Phi) is 6.55. The highest BCUT2D eigenvalue weighted by atomic mass is 16.5. The summed E-state index contributed by atoms with van der Waals surface area (Å²) in [5, 5.41) is 14.5. The van der Waals surface area contributed by atoms with Crippen molar-refractivity contribution in [3.8, 4) is 11.1 Å².